The molecular weight excluding hydrogens is 280 g/mol. The van der Waals surface area contributed by atoms with Crippen molar-refractivity contribution in [2.75, 3.05) is 11.1 Å². The van der Waals surface area contributed by atoms with Crippen LogP contribution in [0.1, 0.15) is 18.1 Å². The van der Waals surface area contributed by atoms with Crippen LogP contribution in [0.4, 0.5) is 11.4 Å². The molecule has 0 aliphatic carbocycles. The molecule has 3 N–H and O–H groups in total. The summed E-state index contributed by atoms with van der Waals surface area (Å²) in [6.07, 6.45) is 0. The second kappa shape index (κ2) is 6.68. The summed E-state index contributed by atoms with van der Waals surface area (Å²) in [6.45, 7) is 5.86. The van der Waals surface area contributed by atoms with E-state index in [1.165, 1.54) is 5.56 Å². The van der Waals surface area contributed by atoms with Crippen LogP contribution in [0.25, 0.3) is 0 Å². The standard InChI is InChI=1S/C17H20N2OS/c1-11-7-9-14(10-8-11)21-13(3)17(20)19-16-6-4-5-15(18)12(16)2/h4-10,13H,18H2,1-3H3,(H,19,20). The largest absolute Gasteiger partial charge is 0.398 e. The van der Waals surface area contributed by atoms with Crippen LogP contribution < -0.4 is 11.1 Å². The number of nitrogen functional groups attached to an aromatic ring is 1. The average Bonchev–Trinajstić information content (AvgIpc) is 2.46. The van der Waals surface area contributed by atoms with Crippen molar-refractivity contribution in [2.24, 2.45) is 0 Å². The van der Waals surface area contributed by atoms with Gasteiger partial charge >= 0.3 is 0 Å². The molecule has 4 heteroatoms. The number of nitrogens with two attached hydrogens (primary N) is 1. The molecule has 110 valence electrons. The minimum atomic E-state index is -0.173. The van der Waals surface area contributed by atoms with Gasteiger partial charge in [0.25, 0.3) is 0 Å². The quantitative estimate of drug-likeness (QED) is 0.662. The normalized spacial score (nSPS) is 12.0. The monoisotopic (exact) mass is 300 g/mol. The van der Waals surface area contributed by atoms with Crippen LogP contribution in [-0.4, -0.2) is 11.2 Å². The van der Waals surface area contributed by atoms with E-state index in [9.17, 15) is 4.79 Å². The number of rotatable bonds is 4. The number of hydrogen-bond donors (Lipinski definition) is 2. The zero-order valence-electron chi connectivity index (χ0n) is 12.5. The van der Waals surface area contributed by atoms with Crippen LogP contribution in [0.3, 0.4) is 0 Å². The molecule has 21 heavy (non-hydrogen) atoms. The van der Waals surface area contributed by atoms with Gasteiger partial charge in [0.2, 0.25) is 5.91 Å². The summed E-state index contributed by atoms with van der Waals surface area (Å²) >= 11 is 1.55. The van der Waals surface area contributed by atoms with E-state index in [0.717, 1.165) is 16.1 Å². The molecule has 0 radical (unpaired) electrons. The van der Waals surface area contributed by atoms with E-state index in [4.69, 9.17) is 5.73 Å². The first-order chi connectivity index (χ1) is 9.97. The molecule has 0 spiro atoms. The average molecular weight is 300 g/mol. The van der Waals surface area contributed by atoms with Gasteiger partial charge in [-0.15, -0.1) is 11.8 Å². The van der Waals surface area contributed by atoms with Crippen LogP contribution in [0.2, 0.25) is 0 Å². The molecule has 0 aromatic heterocycles. The van der Waals surface area contributed by atoms with Crippen molar-refractivity contribution in [3.8, 4) is 0 Å². The summed E-state index contributed by atoms with van der Waals surface area (Å²) in [5.74, 6) is -0.0192. The first kappa shape index (κ1) is 15.4. The Bertz CT molecular complexity index is 638. The minimum absolute atomic E-state index is 0.0192. The third kappa shape index (κ3) is 4.02. The Kier molecular flexibility index (Phi) is 4.91. The summed E-state index contributed by atoms with van der Waals surface area (Å²) < 4.78 is 0. The molecule has 1 atom stereocenters. The molecule has 0 fully saturated rings. The Morgan fingerprint density at radius 2 is 1.81 bits per heavy atom. The van der Waals surface area contributed by atoms with Crippen molar-refractivity contribution in [3.63, 3.8) is 0 Å². The Hall–Kier alpha value is -1.94. The van der Waals surface area contributed by atoms with Gasteiger partial charge in [-0.2, -0.15) is 0 Å². The molecule has 3 nitrogen and oxygen atoms in total. The van der Waals surface area contributed by atoms with E-state index >= 15 is 0 Å². The van der Waals surface area contributed by atoms with Gasteiger partial charge in [-0.05, 0) is 50.6 Å². The second-order valence-electron chi connectivity index (χ2n) is 5.08. The van der Waals surface area contributed by atoms with Crippen LogP contribution in [-0.2, 0) is 4.79 Å². The van der Waals surface area contributed by atoms with Gasteiger partial charge in [0.1, 0.15) is 0 Å². The molecule has 0 bridgehead atoms. The smallest absolute Gasteiger partial charge is 0.237 e. The topological polar surface area (TPSA) is 55.1 Å². The van der Waals surface area contributed by atoms with Crippen molar-refractivity contribution in [1.82, 2.24) is 0 Å². The van der Waals surface area contributed by atoms with Gasteiger partial charge in [-0.1, -0.05) is 23.8 Å². The van der Waals surface area contributed by atoms with Crippen LogP contribution in [0.5, 0.6) is 0 Å². The van der Waals surface area contributed by atoms with Crippen molar-refractivity contribution in [2.45, 2.75) is 30.9 Å². The van der Waals surface area contributed by atoms with Gasteiger partial charge < -0.3 is 11.1 Å². The number of benzene rings is 2. The Labute approximate surface area is 129 Å². The number of amides is 1. The summed E-state index contributed by atoms with van der Waals surface area (Å²) in [5, 5.41) is 2.77. The Morgan fingerprint density at radius 3 is 2.48 bits per heavy atom. The molecule has 2 aromatic rings. The number of carbonyl (C=O) groups is 1. The number of hydrogen-bond acceptors (Lipinski definition) is 3. The van der Waals surface area contributed by atoms with E-state index in [0.29, 0.717) is 5.69 Å². The first-order valence-corrected chi connectivity index (χ1v) is 7.74. The van der Waals surface area contributed by atoms with E-state index in [1.807, 2.05) is 51.1 Å². The number of aryl methyl sites for hydroxylation is 1. The fraction of sp³-hybridized carbons (Fsp3) is 0.235. The van der Waals surface area contributed by atoms with Crippen LogP contribution in [0, 0.1) is 13.8 Å². The lowest BCUT2D eigenvalue weighted by Gasteiger charge is -2.14. The Balaban J connectivity index is 2.02. The molecule has 2 aromatic carbocycles. The lowest BCUT2D eigenvalue weighted by atomic mass is 10.1. The number of nitrogens with one attached hydrogen (secondary N) is 1. The predicted molar refractivity (Wildman–Crippen MR) is 90.7 cm³/mol. The fourth-order valence-corrected chi connectivity index (χ4v) is 2.77. The lowest BCUT2D eigenvalue weighted by molar-refractivity contribution is -0.115. The second-order valence-corrected chi connectivity index (χ2v) is 6.50. The predicted octanol–water partition coefficient (Wildman–Crippen LogP) is 4.00. The van der Waals surface area contributed by atoms with E-state index < -0.39 is 0 Å². The van der Waals surface area contributed by atoms with Gasteiger partial charge in [-0.25, -0.2) is 0 Å². The van der Waals surface area contributed by atoms with Crippen LogP contribution >= 0.6 is 11.8 Å². The molecule has 0 saturated carbocycles. The molecule has 0 aliphatic heterocycles. The lowest BCUT2D eigenvalue weighted by Crippen LogP contribution is -2.23. The maximum absolute atomic E-state index is 12.3. The van der Waals surface area contributed by atoms with E-state index in [-0.39, 0.29) is 11.2 Å². The van der Waals surface area contributed by atoms with Crippen molar-refractivity contribution >= 4 is 29.0 Å². The van der Waals surface area contributed by atoms with Crippen LogP contribution in [0.15, 0.2) is 47.4 Å². The highest BCUT2D eigenvalue weighted by Gasteiger charge is 2.15. The van der Waals surface area contributed by atoms with Gasteiger partial charge in [-0.3, -0.25) is 4.79 Å². The van der Waals surface area contributed by atoms with Gasteiger partial charge in [0.15, 0.2) is 0 Å². The number of carbonyl (C=O) groups excluding carboxylic acids is 1. The van der Waals surface area contributed by atoms with E-state index in [1.54, 1.807) is 11.8 Å². The summed E-state index contributed by atoms with van der Waals surface area (Å²) in [6, 6.07) is 13.7. The minimum Gasteiger partial charge on any atom is -0.398 e. The molecule has 2 rings (SSSR count). The van der Waals surface area contributed by atoms with Gasteiger partial charge in [0.05, 0.1) is 5.25 Å². The molecule has 1 unspecified atom stereocenters. The molecule has 0 heterocycles. The summed E-state index contributed by atoms with van der Waals surface area (Å²) in [4.78, 5) is 13.4. The molecular formula is C17H20N2OS. The SMILES string of the molecule is Cc1ccc(SC(C)C(=O)Nc2cccc(N)c2C)cc1. The zero-order chi connectivity index (χ0) is 15.4. The third-order valence-corrected chi connectivity index (χ3v) is 4.45. The highest BCUT2D eigenvalue weighted by atomic mass is 32.2. The number of anilines is 2. The maximum atomic E-state index is 12.3. The summed E-state index contributed by atoms with van der Waals surface area (Å²) in [7, 11) is 0. The van der Waals surface area contributed by atoms with E-state index in [2.05, 4.69) is 17.4 Å². The van der Waals surface area contributed by atoms with Crippen molar-refractivity contribution < 1.29 is 4.79 Å². The first-order valence-electron chi connectivity index (χ1n) is 6.86. The molecule has 1 amide bonds. The van der Waals surface area contributed by atoms with Crippen molar-refractivity contribution in [3.05, 3.63) is 53.6 Å². The zero-order valence-corrected chi connectivity index (χ0v) is 13.3. The fourth-order valence-electron chi connectivity index (χ4n) is 1.90. The van der Waals surface area contributed by atoms with Crippen molar-refractivity contribution in [1.29, 1.82) is 0 Å². The van der Waals surface area contributed by atoms with Gasteiger partial charge in [0, 0.05) is 16.3 Å². The maximum Gasteiger partial charge on any atom is 0.237 e. The molecule has 0 aliphatic rings. The number of thioether (sulfide) groups is 1. The highest BCUT2D eigenvalue weighted by Crippen LogP contribution is 2.26. The third-order valence-electron chi connectivity index (χ3n) is 3.34. The Morgan fingerprint density at radius 1 is 1.14 bits per heavy atom. The summed E-state index contributed by atoms with van der Waals surface area (Å²) in [5.41, 5.74) is 9.43. The molecule has 0 saturated heterocycles. The highest BCUT2D eigenvalue weighted by molar-refractivity contribution is 8.00.